The largest absolute Gasteiger partial charge is 0.443 e. The molecular weight excluding hydrogens is 306 g/mol. The highest BCUT2D eigenvalue weighted by Gasteiger charge is 2.25. The molecule has 0 aliphatic rings. The number of carbonyl (C=O) groups excluding carboxylic acids is 1. The van der Waals surface area contributed by atoms with Crippen molar-refractivity contribution < 1.29 is 14.3 Å². The summed E-state index contributed by atoms with van der Waals surface area (Å²) in [5, 5.41) is 22.3. The molecule has 2 rings (SSSR count). The molecule has 2 aromatic rings. The van der Waals surface area contributed by atoms with Gasteiger partial charge in [0.05, 0.1) is 6.10 Å². The summed E-state index contributed by atoms with van der Waals surface area (Å²) in [7, 11) is 0. The lowest BCUT2D eigenvalue weighted by Gasteiger charge is -2.20. The highest BCUT2D eigenvalue weighted by Crippen LogP contribution is 2.25. The Morgan fingerprint density at radius 2 is 2.00 bits per heavy atom. The van der Waals surface area contributed by atoms with E-state index in [-0.39, 0.29) is 23.6 Å². The number of nitrogens with zero attached hydrogens (tertiary/aromatic N) is 2. The molecule has 1 unspecified atom stereocenters. The van der Waals surface area contributed by atoms with Crippen LogP contribution in [0, 0.1) is 24.2 Å². The first-order valence-corrected chi connectivity index (χ1v) is 8.16. The van der Waals surface area contributed by atoms with Crippen molar-refractivity contribution in [3.63, 3.8) is 0 Å². The molecule has 128 valence electrons. The molecule has 1 amide bonds. The van der Waals surface area contributed by atoms with Crippen molar-refractivity contribution in [3.05, 3.63) is 41.4 Å². The number of nitriles is 1. The first-order chi connectivity index (χ1) is 11.5. The minimum atomic E-state index is -0.606. The monoisotopic (exact) mass is 329 g/mol. The number of nitrogens with one attached hydrogen (secondary N) is 1. The summed E-state index contributed by atoms with van der Waals surface area (Å²) in [4.78, 5) is 12.5. The topological polar surface area (TPSA) is 91.2 Å². The predicted octanol–water partition coefficient (Wildman–Crippen LogP) is 2.78. The lowest BCUT2D eigenvalue weighted by molar-refractivity contribution is 0.0815. The minimum Gasteiger partial charge on any atom is -0.443 e. The molecule has 2 N–H and O–H groups in total. The first-order valence-electron chi connectivity index (χ1n) is 8.16. The van der Waals surface area contributed by atoms with Crippen LogP contribution in [0.2, 0.25) is 0 Å². The molecule has 0 aliphatic heterocycles. The van der Waals surface area contributed by atoms with Gasteiger partial charge >= 0.3 is 0 Å². The van der Waals surface area contributed by atoms with Crippen molar-refractivity contribution in [2.45, 2.75) is 39.7 Å². The zero-order chi connectivity index (χ0) is 17.7. The minimum absolute atomic E-state index is 0.140. The Balaban J connectivity index is 2.20. The second kappa shape index (κ2) is 7.84. The Morgan fingerprint density at radius 1 is 1.38 bits per heavy atom. The van der Waals surface area contributed by atoms with Crippen LogP contribution in [0.15, 0.2) is 28.9 Å². The summed E-state index contributed by atoms with van der Waals surface area (Å²) in [6.45, 7) is 5.83. The van der Waals surface area contributed by atoms with Crippen molar-refractivity contribution in [2.75, 3.05) is 6.54 Å². The molecule has 0 spiro atoms. The smallest absolute Gasteiger partial charge is 0.256 e. The SMILES string of the molecule is CCC(CC)C(O)CNC(=O)c1c(C)oc(-n2cccc2)c1C#N. The lowest BCUT2D eigenvalue weighted by Crippen LogP contribution is -2.36. The zero-order valence-corrected chi connectivity index (χ0v) is 14.2. The average Bonchev–Trinajstić information content (AvgIpc) is 3.20. The quantitative estimate of drug-likeness (QED) is 0.817. The molecule has 0 saturated carbocycles. The number of aromatic nitrogens is 1. The van der Waals surface area contributed by atoms with Crippen LogP contribution in [0.3, 0.4) is 0 Å². The fourth-order valence-corrected chi connectivity index (χ4v) is 2.84. The van der Waals surface area contributed by atoms with Crippen LogP contribution in [-0.2, 0) is 0 Å². The Kier molecular flexibility index (Phi) is 5.83. The van der Waals surface area contributed by atoms with E-state index in [4.69, 9.17) is 4.42 Å². The molecule has 6 heteroatoms. The summed E-state index contributed by atoms with van der Waals surface area (Å²) in [6.07, 6.45) is 4.58. The highest BCUT2D eigenvalue weighted by atomic mass is 16.4. The van der Waals surface area contributed by atoms with E-state index in [2.05, 4.69) is 5.32 Å². The second-order valence-corrected chi connectivity index (χ2v) is 5.77. The normalized spacial score (nSPS) is 12.2. The van der Waals surface area contributed by atoms with Gasteiger partial charge in [-0.3, -0.25) is 9.36 Å². The van der Waals surface area contributed by atoms with E-state index in [0.717, 1.165) is 12.8 Å². The molecule has 2 heterocycles. The summed E-state index contributed by atoms with van der Waals surface area (Å²) >= 11 is 0. The Bertz CT molecular complexity index is 722. The van der Waals surface area contributed by atoms with Gasteiger partial charge in [-0.2, -0.15) is 5.26 Å². The fourth-order valence-electron chi connectivity index (χ4n) is 2.84. The van der Waals surface area contributed by atoms with Crippen molar-refractivity contribution >= 4 is 5.91 Å². The maximum absolute atomic E-state index is 12.5. The zero-order valence-electron chi connectivity index (χ0n) is 14.2. The van der Waals surface area contributed by atoms with Gasteiger partial charge in [-0.15, -0.1) is 0 Å². The number of hydrogen-bond acceptors (Lipinski definition) is 4. The average molecular weight is 329 g/mol. The van der Waals surface area contributed by atoms with E-state index >= 15 is 0 Å². The number of aryl methyl sites for hydroxylation is 1. The predicted molar refractivity (Wildman–Crippen MR) is 89.9 cm³/mol. The molecule has 0 bridgehead atoms. The van der Waals surface area contributed by atoms with E-state index in [1.165, 1.54) is 0 Å². The number of aliphatic hydroxyl groups excluding tert-OH is 1. The van der Waals surface area contributed by atoms with Gasteiger partial charge < -0.3 is 14.8 Å². The Hall–Kier alpha value is -2.52. The Labute approximate surface area is 141 Å². The van der Waals surface area contributed by atoms with Crippen molar-refractivity contribution in [3.8, 4) is 12.0 Å². The number of hydrogen-bond donors (Lipinski definition) is 2. The summed E-state index contributed by atoms with van der Waals surface area (Å²) in [5.74, 6) is 0.438. The summed E-state index contributed by atoms with van der Waals surface area (Å²) in [5.41, 5.74) is 0.413. The molecule has 0 radical (unpaired) electrons. The molecule has 0 saturated heterocycles. The van der Waals surface area contributed by atoms with Crippen LogP contribution in [-0.4, -0.2) is 28.2 Å². The second-order valence-electron chi connectivity index (χ2n) is 5.77. The van der Waals surface area contributed by atoms with Gasteiger partial charge in [-0.05, 0) is 25.0 Å². The third kappa shape index (κ3) is 3.52. The standard InChI is InChI=1S/C18H23N3O3/c1-4-13(5-2)15(22)11-20-17(23)16-12(3)24-18(14(16)10-19)21-8-6-7-9-21/h6-9,13,15,22H,4-5,11H2,1-3H3,(H,20,23). The maximum atomic E-state index is 12.5. The number of aliphatic hydroxyl groups is 1. The van der Waals surface area contributed by atoms with Crippen LogP contribution in [0.4, 0.5) is 0 Å². The lowest BCUT2D eigenvalue weighted by atomic mass is 9.96. The van der Waals surface area contributed by atoms with Gasteiger partial charge in [0.2, 0.25) is 5.88 Å². The summed E-state index contributed by atoms with van der Waals surface area (Å²) in [6, 6.07) is 5.67. The van der Waals surface area contributed by atoms with E-state index in [1.807, 2.05) is 32.0 Å². The van der Waals surface area contributed by atoms with Gasteiger partial charge in [-0.25, -0.2) is 0 Å². The number of amides is 1. The third-order valence-electron chi connectivity index (χ3n) is 4.31. The molecule has 6 nitrogen and oxygen atoms in total. The first kappa shape index (κ1) is 17.8. The molecule has 24 heavy (non-hydrogen) atoms. The van der Waals surface area contributed by atoms with Crippen LogP contribution >= 0.6 is 0 Å². The highest BCUT2D eigenvalue weighted by molar-refractivity contribution is 5.98. The van der Waals surface area contributed by atoms with E-state index < -0.39 is 12.0 Å². The van der Waals surface area contributed by atoms with Crippen LogP contribution in [0.25, 0.3) is 5.88 Å². The molecule has 0 aliphatic carbocycles. The van der Waals surface area contributed by atoms with E-state index in [0.29, 0.717) is 11.6 Å². The van der Waals surface area contributed by atoms with Gasteiger partial charge in [0.15, 0.2) is 0 Å². The van der Waals surface area contributed by atoms with Crippen LogP contribution in [0.5, 0.6) is 0 Å². The van der Waals surface area contributed by atoms with Gasteiger partial charge in [0.1, 0.15) is 23.0 Å². The molecular formula is C18H23N3O3. The molecule has 0 fully saturated rings. The van der Waals surface area contributed by atoms with Gasteiger partial charge in [0, 0.05) is 18.9 Å². The fraction of sp³-hybridized carbons (Fsp3) is 0.444. The number of carbonyl (C=O) groups is 1. The summed E-state index contributed by atoms with van der Waals surface area (Å²) < 4.78 is 7.27. The molecule has 2 aromatic heterocycles. The van der Waals surface area contributed by atoms with Crippen LogP contribution in [0.1, 0.15) is 48.4 Å². The van der Waals surface area contributed by atoms with E-state index in [1.54, 1.807) is 23.9 Å². The Morgan fingerprint density at radius 3 is 2.54 bits per heavy atom. The van der Waals surface area contributed by atoms with Gasteiger partial charge in [-0.1, -0.05) is 26.7 Å². The molecule has 0 aromatic carbocycles. The third-order valence-corrected chi connectivity index (χ3v) is 4.31. The number of furan rings is 1. The van der Waals surface area contributed by atoms with E-state index in [9.17, 15) is 15.2 Å². The van der Waals surface area contributed by atoms with Crippen molar-refractivity contribution in [2.24, 2.45) is 5.92 Å². The van der Waals surface area contributed by atoms with Crippen LogP contribution < -0.4 is 5.32 Å². The van der Waals surface area contributed by atoms with Gasteiger partial charge in [0.25, 0.3) is 5.91 Å². The maximum Gasteiger partial charge on any atom is 0.256 e. The van der Waals surface area contributed by atoms with Crippen molar-refractivity contribution in [1.29, 1.82) is 5.26 Å². The number of rotatable bonds is 7. The van der Waals surface area contributed by atoms with Crippen molar-refractivity contribution in [1.82, 2.24) is 9.88 Å². The molecule has 1 atom stereocenters.